The Hall–Kier alpha value is 0.310. The van der Waals surface area contributed by atoms with Crippen LogP contribution in [0.15, 0.2) is 0 Å². The van der Waals surface area contributed by atoms with Gasteiger partial charge < -0.3 is 4.74 Å². The first kappa shape index (κ1) is 5.45. The first-order valence-electron chi connectivity index (χ1n) is 2.42. The van der Waals surface area contributed by atoms with Crippen LogP contribution in [0.25, 0.3) is 0 Å². The van der Waals surface area contributed by atoms with E-state index in [0.29, 0.717) is 5.41 Å². The van der Waals surface area contributed by atoms with E-state index >= 15 is 0 Å². The maximum absolute atomic E-state index is 5.01. The molecule has 1 unspecified atom stereocenters. The van der Waals surface area contributed by atoms with E-state index in [1.807, 2.05) is 0 Å². The Morgan fingerprint density at radius 3 is 2.14 bits per heavy atom. The lowest BCUT2D eigenvalue weighted by atomic mass is 9.91. The molecule has 1 heterocycles. The second kappa shape index (κ2) is 1.39. The summed E-state index contributed by atoms with van der Waals surface area (Å²) >= 11 is 4.14. The molecule has 7 heavy (non-hydrogen) atoms. The van der Waals surface area contributed by atoms with E-state index in [9.17, 15) is 0 Å². The van der Waals surface area contributed by atoms with Gasteiger partial charge in [-0.05, 0) is 0 Å². The zero-order valence-corrected chi connectivity index (χ0v) is 5.53. The van der Waals surface area contributed by atoms with Gasteiger partial charge in [0.2, 0.25) is 0 Å². The summed E-state index contributed by atoms with van der Waals surface area (Å²) in [4.78, 5) is 0. The van der Waals surface area contributed by atoms with Crippen molar-refractivity contribution in [3.05, 3.63) is 0 Å². The minimum absolute atomic E-state index is 0.174. The smallest absolute Gasteiger partial charge is 0.107 e. The first-order chi connectivity index (χ1) is 3.13. The third-order valence-electron chi connectivity index (χ3n) is 1.28. The lowest BCUT2D eigenvalue weighted by molar-refractivity contribution is -0.113. The van der Waals surface area contributed by atoms with E-state index in [4.69, 9.17) is 4.74 Å². The quantitative estimate of drug-likeness (QED) is 0.472. The van der Waals surface area contributed by atoms with Gasteiger partial charge in [0.15, 0.2) is 0 Å². The molecule has 1 nitrogen and oxygen atoms in total. The van der Waals surface area contributed by atoms with Gasteiger partial charge in [0.25, 0.3) is 0 Å². The molecular weight excluding hydrogens is 108 g/mol. The zero-order valence-electron chi connectivity index (χ0n) is 4.64. The monoisotopic (exact) mass is 118 g/mol. The van der Waals surface area contributed by atoms with Crippen LogP contribution in [0, 0.1) is 5.41 Å². The number of rotatable bonds is 0. The number of hydrogen-bond donors (Lipinski definition) is 1. The van der Waals surface area contributed by atoms with Gasteiger partial charge >= 0.3 is 0 Å². The molecule has 0 N–H and O–H groups in total. The third kappa shape index (κ3) is 0.774. The summed E-state index contributed by atoms with van der Waals surface area (Å²) < 4.78 is 5.01. The molecule has 0 aromatic carbocycles. The van der Waals surface area contributed by atoms with Crippen molar-refractivity contribution in [1.82, 2.24) is 0 Å². The van der Waals surface area contributed by atoms with Crippen LogP contribution in [0.3, 0.4) is 0 Å². The lowest BCUT2D eigenvalue weighted by Crippen LogP contribution is -2.43. The van der Waals surface area contributed by atoms with E-state index in [-0.39, 0.29) is 5.44 Å². The van der Waals surface area contributed by atoms with Crippen LogP contribution < -0.4 is 0 Å². The van der Waals surface area contributed by atoms with Gasteiger partial charge in [0.1, 0.15) is 5.44 Å². The fourth-order valence-electron chi connectivity index (χ4n) is 0.491. The molecule has 1 fully saturated rings. The SMILES string of the molecule is CC1(C)COC1S. The van der Waals surface area contributed by atoms with E-state index in [1.165, 1.54) is 0 Å². The molecule has 0 bridgehead atoms. The third-order valence-corrected chi connectivity index (χ3v) is 2.13. The molecule has 0 aliphatic carbocycles. The highest BCUT2D eigenvalue weighted by Gasteiger charge is 2.36. The highest BCUT2D eigenvalue weighted by molar-refractivity contribution is 7.80. The van der Waals surface area contributed by atoms with Crippen LogP contribution >= 0.6 is 12.6 Å². The summed E-state index contributed by atoms with van der Waals surface area (Å²) in [5.74, 6) is 0. The molecule has 0 spiro atoms. The van der Waals surface area contributed by atoms with Crippen LogP contribution in [0.4, 0.5) is 0 Å². The predicted molar refractivity (Wildman–Crippen MR) is 32.5 cm³/mol. The molecule has 1 aliphatic rings. The summed E-state index contributed by atoms with van der Waals surface area (Å²) in [6.45, 7) is 5.16. The molecule has 0 aromatic rings. The first-order valence-corrected chi connectivity index (χ1v) is 2.94. The Morgan fingerprint density at radius 2 is 2.14 bits per heavy atom. The van der Waals surface area contributed by atoms with Gasteiger partial charge in [-0.15, -0.1) is 12.6 Å². The Bertz CT molecular complexity index is 80.1. The van der Waals surface area contributed by atoms with Crippen LogP contribution in [-0.2, 0) is 4.74 Å². The maximum Gasteiger partial charge on any atom is 0.107 e. The average molecular weight is 118 g/mol. The van der Waals surface area contributed by atoms with Gasteiger partial charge in [0, 0.05) is 5.41 Å². The Kier molecular flexibility index (Phi) is 1.08. The molecule has 0 saturated carbocycles. The van der Waals surface area contributed by atoms with Crippen LogP contribution in [0.2, 0.25) is 0 Å². The van der Waals surface area contributed by atoms with Gasteiger partial charge in [-0.2, -0.15) is 0 Å². The van der Waals surface area contributed by atoms with Gasteiger partial charge in [-0.1, -0.05) is 13.8 Å². The van der Waals surface area contributed by atoms with Gasteiger partial charge in [0.05, 0.1) is 6.61 Å². The summed E-state index contributed by atoms with van der Waals surface area (Å²) in [6, 6.07) is 0. The second-order valence-electron chi connectivity index (χ2n) is 2.65. The van der Waals surface area contributed by atoms with E-state index in [1.54, 1.807) is 0 Å². The maximum atomic E-state index is 5.01. The van der Waals surface area contributed by atoms with Crippen molar-refractivity contribution < 1.29 is 4.74 Å². The van der Waals surface area contributed by atoms with Crippen LogP contribution in [0.1, 0.15) is 13.8 Å². The molecular formula is C5H10OS. The van der Waals surface area contributed by atoms with Crippen molar-refractivity contribution >= 4 is 12.6 Å². The van der Waals surface area contributed by atoms with E-state index < -0.39 is 0 Å². The van der Waals surface area contributed by atoms with Crippen molar-refractivity contribution in [2.24, 2.45) is 5.41 Å². The number of hydrogen-bond acceptors (Lipinski definition) is 2. The minimum atomic E-state index is 0.174. The van der Waals surface area contributed by atoms with Crippen LogP contribution in [0.5, 0.6) is 0 Å². The molecule has 1 atom stereocenters. The topological polar surface area (TPSA) is 9.23 Å². The number of thiol groups is 1. The summed E-state index contributed by atoms with van der Waals surface area (Å²) in [7, 11) is 0. The molecule has 42 valence electrons. The summed E-state index contributed by atoms with van der Waals surface area (Å²) in [5.41, 5.74) is 0.496. The van der Waals surface area contributed by atoms with Crippen molar-refractivity contribution in [1.29, 1.82) is 0 Å². The largest absolute Gasteiger partial charge is 0.367 e. The molecule has 1 saturated heterocycles. The Morgan fingerprint density at radius 1 is 1.71 bits per heavy atom. The molecule has 0 amide bonds. The highest BCUT2D eigenvalue weighted by atomic mass is 32.1. The Labute approximate surface area is 49.5 Å². The highest BCUT2D eigenvalue weighted by Crippen LogP contribution is 2.35. The molecule has 1 rings (SSSR count). The lowest BCUT2D eigenvalue weighted by Gasteiger charge is -2.40. The second-order valence-corrected chi connectivity index (χ2v) is 3.12. The van der Waals surface area contributed by atoms with Crippen molar-refractivity contribution in [2.45, 2.75) is 19.3 Å². The van der Waals surface area contributed by atoms with Gasteiger partial charge in [-0.25, -0.2) is 0 Å². The Balaban J connectivity index is 2.43. The van der Waals surface area contributed by atoms with Crippen molar-refractivity contribution in [3.8, 4) is 0 Å². The molecule has 2 heteroatoms. The minimum Gasteiger partial charge on any atom is -0.367 e. The van der Waals surface area contributed by atoms with E-state index in [0.717, 1.165) is 6.61 Å². The number of ether oxygens (including phenoxy) is 1. The zero-order chi connectivity index (χ0) is 5.49. The molecule has 0 radical (unpaired) electrons. The molecule has 0 aromatic heterocycles. The van der Waals surface area contributed by atoms with Crippen molar-refractivity contribution in [3.63, 3.8) is 0 Å². The standard InChI is InChI=1S/C5H10OS/c1-5(2)3-6-4(5)7/h4,7H,3H2,1-2H3. The van der Waals surface area contributed by atoms with E-state index in [2.05, 4.69) is 26.5 Å². The normalized spacial score (nSPS) is 37.3. The molecule has 1 aliphatic heterocycles. The predicted octanol–water partition coefficient (Wildman–Crippen LogP) is 1.30. The fourth-order valence-corrected chi connectivity index (χ4v) is 0.640. The average Bonchev–Trinajstić information content (AvgIpc) is 1.63. The summed E-state index contributed by atoms with van der Waals surface area (Å²) in [6.07, 6.45) is 0. The van der Waals surface area contributed by atoms with Crippen molar-refractivity contribution in [2.75, 3.05) is 6.61 Å². The van der Waals surface area contributed by atoms with Gasteiger partial charge in [-0.3, -0.25) is 0 Å². The fraction of sp³-hybridized carbons (Fsp3) is 1.00. The van der Waals surface area contributed by atoms with Crippen LogP contribution in [-0.4, -0.2) is 12.0 Å². The summed E-state index contributed by atoms with van der Waals surface area (Å²) in [5, 5.41) is 0.